The minimum atomic E-state index is -4.55. The molecular formula is C14H13F3N4O4. The smallest absolute Gasteiger partial charge is 0.405 e. The van der Waals surface area contributed by atoms with Crippen molar-refractivity contribution in [3.05, 3.63) is 34.6 Å². The fraction of sp³-hybridized carbons (Fsp3) is 0.357. The lowest BCUT2D eigenvalue weighted by atomic mass is 10.2. The number of rotatable bonds is 6. The van der Waals surface area contributed by atoms with Gasteiger partial charge in [-0.2, -0.15) is 13.2 Å². The number of fused-ring (bicyclic) bond motifs is 1. The number of nitrogens with zero attached hydrogens (tertiary/aromatic N) is 3. The second-order valence-electron chi connectivity index (χ2n) is 4.94. The van der Waals surface area contributed by atoms with Crippen molar-refractivity contribution in [2.75, 3.05) is 13.2 Å². The highest BCUT2D eigenvalue weighted by Gasteiger charge is 2.27. The summed E-state index contributed by atoms with van der Waals surface area (Å²) in [7, 11) is 0. The number of carbonyl (C=O) groups excluding carboxylic acids is 2. The zero-order valence-corrected chi connectivity index (χ0v) is 12.7. The molecule has 0 aliphatic rings. The molecule has 0 atom stereocenters. The van der Waals surface area contributed by atoms with Gasteiger partial charge in [-0.1, -0.05) is 17.3 Å². The Labute approximate surface area is 138 Å². The number of nitrogens with one attached hydrogen (secondary N) is 1. The van der Waals surface area contributed by atoms with Gasteiger partial charge in [0.25, 0.3) is 11.5 Å². The highest BCUT2D eigenvalue weighted by molar-refractivity contribution is 5.80. The van der Waals surface area contributed by atoms with Crippen molar-refractivity contribution in [3.8, 4) is 0 Å². The Morgan fingerprint density at radius 1 is 1.24 bits per heavy atom. The number of hydrogen-bond donors (Lipinski definition) is 1. The topological polar surface area (TPSA) is 103 Å². The Morgan fingerprint density at radius 2 is 1.96 bits per heavy atom. The number of aryl methyl sites for hydroxylation is 1. The van der Waals surface area contributed by atoms with E-state index >= 15 is 0 Å². The maximum atomic E-state index is 12.1. The zero-order valence-electron chi connectivity index (χ0n) is 12.7. The van der Waals surface area contributed by atoms with E-state index in [-0.39, 0.29) is 13.0 Å². The fourth-order valence-electron chi connectivity index (χ4n) is 1.84. The molecule has 2 aromatic rings. The number of ether oxygens (including phenoxy) is 1. The van der Waals surface area contributed by atoms with Crippen LogP contribution in [0.25, 0.3) is 10.9 Å². The molecular weight excluding hydrogens is 345 g/mol. The first-order valence-corrected chi connectivity index (χ1v) is 7.08. The Kier molecular flexibility index (Phi) is 5.67. The molecule has 0 aliphatic carbocycles. The van der Waals surface area contributed by atoms with Crippen molar-refractivity contribution in [2.24, 2.45) is 0 Å². The van der Waals surface area contributed by atoms with Gasteiger partial charge in [0, 0.05) is 0 Å². The van der Waals surface area contributed by atoms with E-state index in [1.807, 2.05) is 0 Å². The summed E-state index contributed by atoms with van der Waals surface area (Å²) in [5.74, 6) is -1.93. The van der Waals surface area contributed by atoms with E-state index in [9.17, 15) is 27.6 Å². The van der Waals surface area contributed by atoms with Crippen molar-refractivity contribution in [2.45, 2.75) is 19.1 Å². The molecule has 0 saturated carbocycles. The van der Waals surface area contributed by atoms with Crippen molar-refractivity contribution in [1.82, 2.24) is 20.3 Å². The third-order valence-corrected chi connectivity index (χ3v) is 3.01. The maximum Gasteiger partial charge on any atom is 0.405 e. The number of halogens is 3. The molecule has 0 saturated heterocycles. The molecule has 1 aromatic heterocycles. The SMILES string of the molecule is O=C(COC(=O)CCn1nnc2ccccc2c1=O)NCC(F)(F)F. The lowest BCUT2D eigenvalue weighted by Gasteiger charge is -2.09. The van der Waals surface area contributed by atoms with Gasteiger partial charge in [-0.25, -0.2) is 4.68 Å². The van der Waals surface area contributed by atoms with Crippen LogP contribution in [0.4, 0.5) is 13.2 Å². The molecule has 134 valence electrons. The molecule has 8 nitrogen and oxygen atoms in total. The van der Waals surface area contributed by atoms with E-state index in [0.717, 1.165) is 4.68 Å². The van der Waals surface area contributed by atoms with Gasteiger partial charge in [-0.3, -0.25) is 14.4 Å². The van der Waals surface area contributed by atoms with Gasteiger partial charge in [-0.05, 0) is 12.1 Å². The summed E-state index contributed by atoms with van der Waals surface area (Å²) in [6.07, 6.45) is -4.84. The molecule has 25 heavy (non-hydrogen) atoms. The van der Waals surface area contributed by atoms with Crippen molar-refractivity contribution in [3.63, 3.8) is 0 Å². The Hall–Kier alpha value is -2.98. The van der Waals surface area contributed by atoms with Crippen molar-refractivity contribution >= 4 is 22.8 Å². The molecule has 0 bridgehead atoms. The van der Waals surface area contributed by atoms with Crippen molar-refractivity contribution < 1.29 is 27.5 Å². The lowest BCUT2D eigenvalue weighted by Crippen LogP contribution is -2.36. The summed E-state index contributed by atoms with van der Waals surface area (Å²) in [6.45, 7) is -2.49. The first kappa shape index (κ1) is 18.4. The number of carbonyl (C=O) groups is 2. The maximum absolute atomic E-state index is 12.1. The predicted octanol–water partition coefficient (Wildman–Crippen LogP) is 0.403. The monoisotopic (exact) mass is 358 g/mol. The molecule has 0 aliphatic heterocycles. The third kappa shape index (κ3) is 5.55. The average Bonchev–Trinajstić information content (AvgIpc) is 2.57. The van der Waals surface area contributed by atoms with Gasteiger partial charge in [-0.15, -0.1) is 5.10 Å². The fourth-order valence-corrected chi connectivity index (χ4v) is 1.84. The van der Waals surface area contributed by atoms with Gasteiger partial charge in [0.05, 0.1) is 18.4 Å². The van der Waals surface area contributed by atoms with Gasteiger partial charge < -0.3 is 10.1 Å². The number of aromatic nitrogens is 3. The minimum Gasteiger partial charge on any atom is -0.456 e. The quantitative estimate of drug-likeness (QED) is 0.750. The summed E-state index contributed by atoms with van der Waals surface area (Å²) in [5, 5.41) is 9.40. The van der Waals surface area contributed by atoms with Crippen LogP contribution in [-0.4, -0.2) is 46.2 Å². The van der Waals surface area contributed by atoms with E-state index in [1.54, 1.807) is 29.6 Å². The number of hydrogen-bond acceptors (Lipinski definition) is 6. The van der Waals surface area contributed by atoms with Gasteiger partial charge in [0.2, 0.25) is 0 Å². The van der Waals surface area contributed by atoms with E-state index in [0.29, 0.717) is 10.9 Å². The Balaban J connectivity index is 1.83. The van der Waals surface area contributed by atoms with E-state index in [4.69, 9.17) is 0 Å². The molecule has 0 fully saturated rings. The van der Waals surface area contributed by atoms with Crippen LogP contribution in [0.2, 0.25) is 0 Å². The van der Waals surface area contributed by atoms with E-state index < -0.39 is 36.8 Å². The predicted molar refractivity (Wildman–Crippen MR) is 78.4 cm³/mol. The molecule has 0 radical (unpaired) electrons. The minimum absolute atomic E-state index is 0.139. The first-order chi connectivity index (χ1) is 11.8. The summed E-state index contributed by atoms with van der Waals surface area (Å²) < 4.78 is 41.2. The first-order valence-electron chi connectivity index (χ1n) is 7.08. The molecule has 1 aromatic carbocycles. The largest absolute Gasteiger partial charge is 0.456 e. The summed E-state index contributed by atoms with van der Waals surface area (Å²) >= 11 is 0. The number of benzene rings is 1. The average molecular weight is 358 g/mol. The lowest BCUT2D eigenvalue weighted by molar-refractivity contribution is -0.151. The van der Waals surface area contributed by atoms with Gasteiger partial charge in [0.15, 0.2) is 6.61 Å². The molecule has 11 heteroatoms. The summed E-state index contributed by atoms with van der Waals surface area (Å²) in [6, 6.07) is 6.53. The van der Waals surface area contributed by atoms with Gasteiger partial charge in [0.1, 0.15) is 12.1 Å². The third-order valence-electron chi connectivity index (χ3n) is 3.01. The summed E-state index contributed by atoms with van der Waals surface area (Å²) in [4.78, 5) is 34.7. The molecule has 0 spiro atoms. The second kappa shape index (κ2) is 7.73. The van der Waals surface area contributed by atoms with Crippen LogP contribution < -0.4 is 10.9 Å². The standard InChI is InChI=1S/C14H13F3N4O4/c15-14(16,17)8-18-11(22)7-25-12(23)5-6-21-13(24)9-3-1-2-4-10(9)19-20-21/h1-4H,5-8H2,(H,18,22). The Morgan fingerprint density at radius 3 is 2.68 bits per heavy atom. The van der Waals surface area contributed by atoms with E-state index in [2.05, 4.69) is 15.0 Å². The van der Waals surface area contributed by atoms with Crippen molar-refractivity contribution in [1.29, 1.82) is 0 Å². The van der Waals surface area contributed by atoms with Crippen LogP contribution >= 0.6 is 0 Å². The number of esters is 1. The Bertz CT molecular complexity index is 835. The van der Waals surface area contributed by atoms with Crippen LogP contribution in [0.1, 0.15) is 6.42 Å². The summed E-state index contributed by atoms with van der Waals surface area (Å²) in [5.41, 5.74) is -0.0333. The normalized spacial score (nSPS) is 11.3. The molecule has 1 amide bonds. The second-order valence-corrected chi connectivity index (χ2v) is 4.94. The number of alkyl halides is 3. The highest BCUT2D eigenvalue weighted by atomic mass is 19.4. The van der Waals surface area contributed by atoms with Crippen LogP contribution in [0, 0.1) is 0 Å². The van der Waals surface area contributed by atoms with Crippen LogP contribution in [-0.2, 0) is 20.9 Å². The molecule has 1 N–H and O–H groups in total. The molecule has 1 heterocycles. The molecule has 2 rings (SSSR count). The number of amides is 1. The van der Waals surface area contributed by atoms with Gasteiger partial charge >= 0.3 is 12.1 Å². The van der Waals surface area contributed by atoms with E-state index in [1.165, 1.54) is 0 Å². The molecule has 0 unspecified atom stereocenters. The van der Waals surface area contributed by atoms with Crippen LogP contribution in [0.5, 0.6) is 0 Å². The van der Waals surface area contributed by atoms with Crippen LogP contribution in [0.3, 0.4) is 0 Å². The highest BCUT2D eigenvalue weighted by Crippen LogP contribution is 2.11. The van der Waals surface area contributed by atoms with Crippen LogP contribution in [0.15, 0.2) is 29.1 Å². The zero-order chi connectivity index (χ0) is 18.4.